The van der Waals surface area contributed by atoms with Crippen LogP contribution in [0.1, 0.15) is 22.8 Å². The summed E-state index contributed by atoms with van der Waals surface area (Å²) in [6.07, 6.45) is 2.01. The van der Waals surface area contributed by atoms with Gasteiger partial charge in [0.05, 0.1) is 5.56 Å². The molecule has 0 aromatic heterocycles. The van der Waals surface area contributed by atoms with Gasteiger partial charge in [-0.15, -0.1) is 0 Å². The number of benzene rings is 3. The molecule has 0 spiro atoms. The van der Waals surface area contributed by atoms with Crippen molar-refractivity contribution in [1.29, 1.82) is 5.26 Å². The fourth-order valence-corrected chi connectivity index (χ4v) is 3.15. The molecule has 146 valence electrons. The molecule has 0 saturated heterocycles. The van der Waals surface area contributed by atoms with Crippen LogP contribution >= 0.6 is 0 Å². The summed E-state index contributed by atoms with van der Waals surface area (Å²) in [4.78, 5) is 26.4. The number of hydrogen-bond donors (Lipinski definition) is 1. The Morgan fingerprint density at radius 3 is 2.45 bits per heavy atom. The third-order valence-electron chi connectivity index (χ3n) is 4.68. The standard InChI is InChI=1S/C23H20FN3O2/c1-2-27(15-25)23(29)21(26-22(28)19-9-5-6-10-20(19)24)14-16-11-12-17-7-3-4-8-18(17)13-16/h3-13,21H,2,14H2,1H3,(H,26,28). The number of nitrogens with one attached hydrogen (secondary N) is 1. The second kappa shape index (κ2) is 8.98. The molecule has 3 aromatic rings. The van der Waals surface area contributed by atoms with Crippen LogP contribution in [0.4, 0.5) is 4.39 Å². The van der Waals surface area contributed by atoms with Crippen molar-refractivity contribution >= 4 is 22.6 Å². The number of amides is 2. The normalized spacial score (nSPS) is 11.5. The lowest BCUT2D eigenvalue weighted by Gasteiger charge is -2.22. The first kappa shape index (κ1) is 20.0. The van der Waals surface area contributed by atoms with Crippen LogP contribution in [0, 0.1) is 17.3 Å². The average Bonchev–Trinajstić information content (AvgIpc) is 2.74. The van der Waals surface area contributed by atoms with Gasteiger partial charge < -0.3 is 5.32 Å². The molecule has 0 radical (unpaired) electrons. The van der Waals surface area contributed by atoms with Crippen molar-refractivity contribution in [3.63, 3.8) is 0 Å². The zero-order valence-electron chi connectivity index (χ0n) is 15.9. The Hall–Kier alpha value is -3.72. The molecule has 29 heavy (non-hydrogen) atoms. The summed E-state index contributed by atoms with van der Waals surface area (Å²) in [5.74, 6) is -1.90. The molecule has 0 heterocycles. The minimum absolute atomic E-state index is 0.149. The number of hydrogen-bond acceptors (Lipinski definition) is 3. The lowest BCUT2D eigenvalue weighted by molar-refractivity contribution is -0.130. The summed E-state index contributed by atoms with van der Waals surface area (Å²) in [7, 11) is 0. The Kier molecular flexibility index (Phi) is 6.20. The lowest BCUT2D eigenvalue weighted by Crippen LogP contribution is -2.48. The summed E-state index contributed by atoms with van der Waals surface area (Å²) in [5.41, 5.74) is 0.675. The molecule has 0 saturated carbocycles. The third kappa shape index (κ3) is 4.58. The molecule has 0 aliphatic rings. The highest BCUT2D eigenvalue weighted by Crippen LogP contribution is 2.17. The highest BCUT2D eigenvalue weighted by Gasteiger charge is 2.27. The van der Waals surface area contributed by atoms with Gasteiger partial charge in [-0.2, -0.15) is 5.26 Å². The van der Waals surface area contributed by atoms with Crippen LogP contribution in [0.5, 0.6) is 0 Å². The van der Waals surface area contributed by atoms with Crippen LogP contribution in [-0.2, 0) is 11.2 Å². The van der Waals surface area contributed by atoms with E-state index in [0.29, 0.717) is 0 Å². The number of halogens is 1. The summed E-state index contributed by atoms with van der Waals surface area (Å²) >= 11 is 0. The summed E-state index contributed by atoms with van der Waals surface area (Å²) < 4.78 is 14.0. The van der Waals surface area contributed by atoms with Crippen LogP contribution in [0.15, 0.2) is 66.7 Å². The second-order valence-electron chi connectivity index (χ2n) is 6.57. The maximum atomic E-state index is 14.0. The first-order valence-corrected chi connectivity index (χ1v) is 9.27. The molecule has 0 fully saturated rings. The van der Waals surface area contributed by atoms with E-state index in [-0.39, 0.29) is 18.5 Å². The number of carbonyl (C=O) groups is 2. The van der Waals surface area contributed by atoms with Crippen LogP contribution in [0.3, 0.4) is 0 Å². The van der Waals surface area contributed by atoms with Crippen molar-refractivity contribution in [2.24, 2.45) is 0 Å². The molecule has 1 N–H and O–H groups in total. The van der Waals surface area contributed by atoms with Gasteiger partial charge in [0.25, 0.3) is 11.8 Å². The molecule has 5 nitrogen and oxygen atoms in total. The van der Waals surface area contributed by atoms with Crippen molar-refractivity contribution in [2.45, 2.75) is 19.4 Å². The number of nitriles is 1. The molecule has 6 heteroatoms. The number of nitrogens with zero attached hydrogens (tertiary/aromatic N) is 2. The van der Waals surface area contributed by atoms with Crippen LogP contribution < -0.4 is 5.32 Å². The average molecular weight is 389 g/mol. The largest absolute Gasteiger partial charge is 0.340 e. The van der Waals surface area contributed by atoms with Gasteiger partial charge in [0.1, 0.15) is 11.9 Å². The van der Waals surface area contributed by atoms with Crippen molar-refractivity contribution in [3.8, 4) is 6.19 Å². The minimum Gasteiger partial charge on any atom is -0.340 e. The maximum Gasteiger partial charge on any atom is 0.258 e. The van der Waals surface area contributed by atoms with Gasteiger partial charge in [-0.3, -0.25) is 9.59 Å². The summed E-state index contributed by atoms with van der Waals surface area (Å²) in [6.45, 7) is 1.85. The Morgan fingerprint density at radius 2 is 1.76 bits per heavy atom. The van der Waals surface area contributed by atoms with Gasteiger partial charge >= 0.3 is 0 Å². The molecule has 0 bridgehead atoms. The van der Waals surface area contributed by atoms with Crippen molar-refractivity contribution in [1.82, 2.24) is 10.2 Å². The number of fused-ring (bicyclic) bond motifs is 1. The molecule has 3 aromatic carbocycles. The molecule has 0 aliphatic heterocycles. The molecular formula is C23H20FN3O2. The van der Waals surface area contributed by atoms with Crippen molar-refractivity contribution in [2.75, 3.05) is 6.54 Å². The SMILES string of the molecule is CCN(C#N)C(=O)C(Cc1ccc2ccccc2c1)NC(=O)c1ccccc1F. The molecule has 1 unspecified atom stereocenters. The quantitative estimate of drug-likeness (QED) is 0.517. The molecule has 2 amide bonds. The van der Waals surface area contributed by atoms with Crippen LogP contribution in [-0.4, -0.2) is 29.3 Å². The molecule has 1 atom stereocenters. The van der Waals surface area contributed by atoms with E-state index in [1.54, 1.807) is 13.0 Å². The molecular weight excluding hydrogens is 369 g/mol. The van der Waals surface area contributed by atoms with Crippen molar-refractivity contribution < 1.29 is 14.0 Å². The zero-order chi connectivity index (χ0) is 20.8. The second-order valence-corrected chi connectivity index (χ2v) is 6.57. The fraction of sp³-hybridized carbons (Fsp3) is 0.174. The van der Waals surface area contributed by atoms with Gasteiger partial charge in [-0.1, -0.05) is 54.6 Å². The lowest BCUT2D eigenvalue weighted by atomic mass is 10.0. The molecule has 0 aliphatic carbocycles. The van der Waals surface area contributed by atoms with Crippen molar-refractivity contribution in [3.05, 3.63) is 83.7 Å². The van der Waals surface area contributed by atoms with Crippen LogP contribution in [0.2, 0.25) is 0 Å². The first-order chi connectivity index (χ1) is 14.0. The first-order valence-electron chi connectivity index (χ1n) is 9.27. The third-order valence-corrected chi connectivity index (χ3v) is 4.68. The molecule has 3 rings (SSSR count). The number of likely N-dealkylation sites (N-methyl/N-ethyl adjacent to an activating group) is 1. The zero-order valence-corrected chi connectivity index (χ0v) is 15.9. The van der Waals surface area contributed by atoms with E-state index < -0.39 is 23.7 Å². The summed E-state index contributed by atoms with van der Waals surface area (Å²) in [5, 5.41) is 13.9. The van der Waals surface area contributed by atoms with E-state index >= 15 is 0 Å². The smallest absolute Gasteiger partial charge is 0.258 e. The van der Waals surface area contributed by atoms with E-state index in [1.807, 2.05) is 48.7 Å². The Balaban J connectivity index is 1.89. The Bertz CT molecular complexity index is 1090. The van der Waals surface area contributed by atoms with E-state index in [4.69, 9.17) is 0 Å². The van der Waals surface area contributed by atoms with Gasteiger partial charge in [0.2, 0.25) is 0 Å². The van der Waals surface area contributed by atoms with E-state index in [2.05, 4.69) is 5.32 Å². The maximum absolute atomic E-state index is 14.0. The number of carbonyl (C=O) groups excluding carboxylic acids is 2. The monoisotopic (exact) mass is 389 g/mol. The Labute approximate surface area is 168 Å². The topological polar surface area (TPSA) is 73.2 Å². The summed E-state index contributed by atoms with van der Waals surface area (Å²) in [6, 6.07) is 18.1. The van der Waals surface area contributed by atoms with Crippen LogP contribution in [0.25, 0.3) is 10.8 Å². The van der Waals surface area contributed by atoms with E-state index in [9.17, 15) is 19.2 Å². The fourth-order valence-electron chi connectivity index (χ4n) is 3.15. The van der Waals surface area contributed by atoms with Gasteiger partial charge in [0, 0.05) is 13.0 Å². The predicted molar refractivity (Wildman–Crippen MR) is 108 cm³/mol. The van der Waals surface area contributed by atoms with E-state index in [1.165, 1.54) is 18.2 Å². The van der Waals surface area contributed by atoms with E-state index in [0.717, 1.165) is 21.2 Å². The number of rotatable bonds is 6. The minimum atomic E-state index is -0.997. The Morgan fingerprint density at radius 1 is 1.07 bits per heavy atom. The van der Waals surface area contributed by atoms with Gasteiger partial charge in [-0.25, -0.2) is 9.29 Å². The predicted octanol–water partition coefficient (Wildman–Crippen LogP) is 3.65. The highest BCUT2D eigenvalue weighted by atomic mass is 19.1. The van der Waals surface area contributed by atoms with Gasteiger partial charge in [-0.05, 0) is 35.4 Å². The van der Waals surface area contributed by atoms with Gasteiger partial charge in [0.15, 0.2) is 6.19 Å². The highest BCUT2D eigenvalue weighted by molar-refractivity contribution is 5.98.